The standard InChI is InChI=1S/C10H21.C5H10/c1-3-5-7-9-10-8-6-4-2;1-2-4-5-3-1/h1,3-10H2,2H3;1-5H2. The van der Waals surface area contributed by atoms with E-state index in [-0.39, 0.29) is 0 Å². The maximum Gasteiger partial charge on any atom is -0.0533 e. The van der Waals surface area contributed by atoms with E-state index < -0.39 is 0 Å². The summed E-state index contributed by atoms with van der Waals surface area (Å²) in [6.45, 7) is 6.08. The summed E-state index contributed by atoms with van der Waals surface area (Å²) >= 11 is 0. The quantitative estimate of drug-likeness (QED) is 0.459. The van der Waals surface area contributed by atoms with Crippen molar-refractivity contribution >= 4 is 0 Å². The Morgan fingerprint density at radius 2 is 1.07 bits per heavy atom. The lowest BCUT2D eigenvalue weighted by Crippen LogP contribution is -1.77. The van der Waals surface area contributed by atoms with Crippen LogP contribution in [0.1, 0.15) is 90.4 Å². The average Bonchev–Trinajstić information content (AvgIpc) is 2.82. The Balaban J connectivity index is 0.000000322. The first kappa shape index (κ1) is 15.0. The molecule has 1 fully saturated rings. The van der Waals surface area contributed by atoms with Crippen molar-refractivity contribution in [3.63, 3.8) is 0 Å². The van der Waals surface area contributed by atoms with Gasteiger partial charge in [-0.3, -0.25) is 0 Å². The summed E-state index contributed by atoms with van der Waals surface area (Å²) in [5.41, 5.74) is 0. The molecule has 1 radical (unpaired) electrons. The van der Waals surface area contributed by atoms with Crippen LogP contribution >= 0.6 is 0 Å². The molecule has 0 nitrogen and oxygen atoms in total. The van der Waals surface area contributed by atoms with Crippen molar-refractivity contribution in [2.24, 2.45) is 0 Å². The van der Waals surface area contributed by atoms with Crippen LogP contribution in [0.5, 0.6) is 0 Å². The van der Waals surface area contributed by atoms with Gasteiger partial charge in [0.1, 0.15) is 0 Å². The molecule has 0 unspecified atom stereocenters. The summed E-state index contributed by atoms with van der Waals surface area (Å²) in [5.74, 6) is 0. The molecule has 0 spiro atoms. The summed E-state index contributed by atoms with van der Waals surface area (Å²) in [6, 6.07) is 0. The van der Waals surface area contributed by atoms with Crippen molar-refractivity contribution in [3.05, 3.63) is 6.92 Å². The molecule has 0 heteroatoms. The lowest BCUT2D eigenvalue weighted by atomic mass is 10.1. The van der Waals surface area contributed by atoms with E-state index >= 15 is 0 Å². The first-order valence-electron chi connectivity index (χ1n) is 7.21. The second-order valence-corrected chi connectivity index (χ2v) is 4.74. The number of unbranched alkanes of at least 4 members (excludes halogenated alkanes) is 7. The lowest BCUT2D eigenvalue weighted by Gasteiger charge is -1.97. The first-order chi connectivity index (χ1) is 7.41. The number of hydrogen-bond donors (Lipinski definition) is 0. The predicted molar refractivity (Wildman–Crippen MR) is 71.1 cm³/mol. The Hall–Kier alpha value is 0. The third-order valence-corrected chi connectivity index (χ3v) is 3.10. The zero-order valence-corrected chi connectivity index (χ0v) is 10.9. The van der Waals surface area contributed by atoms with Gasteiger partial charge in [0, 0.05) is 0 Å². The van der Waals surface area contributed by atoms with Gasteiger partial charge in [-0.1, -0.05) is 97.3 Å². The summed E-state index contributed by atoms with van der Waals surface area (Å²) < 4.78 is 0. The molecule has 1 aliphatic carbocycles. The Labute approximate surface area is 97.8 Å². The zero-order valence-electron chi connectivity index (χ0n) is 10.9. The lowest BCUT2D eigenvalue weighted by molar-refractivity contribution is 0.592. The Bertz CT molecular complexity index is 76.6. The third kappa shape index (κ3) is 14.0. The van der Waals surface area contributed by atoms with Gasteiger partial charge in [-0.05, 0) is 0 Å². The van der Waals surface area contributed by atoms with E-state index in [4.69, 9.17) is 0 Å². The summed E-state index contributed by atoms with van der Waals surface area (Å²) in [7, 11) is 0. The molecule has 1 saturated carbocycles. The van der Waals surface area contributed by atoms with Crippen LogP contribution in [0.15, 0.2) is 0 Å². The Kier molecular flexibility index (Phi) is 14.0. The van der Waals surface area contributed by atoms with Crippen molar-refractivity contribution in [2.45, 2.75) is 90.4 Å². The highest BCUT2D eigenvalue weighted by Crippen LogP contribution is 2.15. The molecule has 15 heavy (non-hydrogen) atoms. The maximum absolute atomic E-state index is 3.82. The van der Waals surface area contributed by atoms with Gasteiger partial charge in [0.2, 0.25) is 0 Å². The smallest absolute Gasteiger partial charge is 0.0533 e. The fraction of sp³-hybridized carbons (Fsp3) is 0.933. The monoisotopic (exact) mass is 211 g/mol. The molecule has 0 N–H and O–H groups in total. The van der Waals surface area contributed by atoms with Gasteiger partial charge >= 0.3 is 0 Å². The maximum atomic E-state index is 3.82. The van der Waals surface area contributed by atoms with E-state index in [2.05, 4.69) is 13.8 Å². The van der Waals surface area contributed by atoms with E-state index in [1.165, 1.54) is 77.0 Å². The summed E-state index contributed by atoms with van der Waals surface area (Å²) in [6.07, 6.45) is 18.4. The highest BCUT2D eigenvalue weighted by molar-refractivity contribution is 4.51. The molecule has 0 saturated heterocycles. The molecule has 0 aromatic rings. The van der Waals surface area contributed by atoms with Gasteiger partial charge in [-0.25, -0.2) is 0 Å². The minimum atomic E-state index is 1.12. The van der Waals surface area contributed by atoms with Crippen LogP contribution in [0.3, 0.4) is 0 Å². The molecule has 0 aromatic carbocycles. The first-order valence-corrected chi connectivity index (χ1v) is 7.21. The second kappa shape index (κ2) is 14.0. The largest absolute Gasteiger partial charge is 0.0654 e. The molecule has 0 atom stereocenters. The minimum absolute atomic E-state index is 1.12. The van der Waals surface area contributed by atoms with Gasteiger partial charge < -0.3 is 0 Å². The summed E-state index contributed by atoms with van der Waals surface area (Å²) in [4.78, 5) is 0. The van der Waals surface area contributed by atoms with E-state index in [1.54, 1.807) is 0 Å². The zero-order chi connectivity index (χ0) is 11.2. The van der Waals surface area contributed by atoms with Crippen molar-refractivity contribution in [1.82, 2.24) is 0 Å². The topological polar surface area (TPSA) is 0 Å². The van der Waals surface area contributed by atoms with Crippen molar-refractivity contribution < 1.29 is 0 Å². The van der Waals surface area contributed by atoms with Gasteiger partial charge in [0.25, 0.3) is 0 Å². The van der Waals surface area contributed by atoms with Crippen molar-refractivity contribution in [1.29, 1.82) is 0 Å². The third-order valence-electron chi connectivity index (χ3n) is 3.10. The van der Waals surface area contributed by atoms with Gasteiger partial charge in [0.15, 0.2) is 0 Å². The van der Waals surface area contributed by atoms with Crippen molar-refractivity contribution in [2.75, 3.05) is 0 Å². The van der Waals surface area contributed by atoms with E-state index in [9.17, 15) is 0 Å². The molecule has 91 valence electrons. The van der Waals surface area contributed by atoms with Gasteiger partial charge in [0.05, 0.1) is 0 Å². The second-order valence-electron chi connectivity index (χ2n) is 4.74. The molecular weight excluding hydrogens is 180 g/mol. The fourth-order valence-electron chi connectivity index (χ4n) is 2.02. The Morgan fingerprint density at radius 3 is 1.47 bits per heavy atom. The van der Waals surface area contributed by atoms with Gasteiger partial charge in [-0.2, -0.15) is 0 Å². The highest BCUT2D eigenvalue weighted by atomic mass is 14.0. The molecule has 1 aliphatic rings. The van der Waals surface area contributed by atoms with Crippen molar-refractivity contribution in [3.8, 4) is 0 Å². The molecular formula is C15H31. The van der Waals surface area contributed by atoms with Crippen LogP contribution in [0, 0.1) is 6.92 Å². The normalized spacial score (nSPS) is 14.8. The van der Waals surface area contributed by atoms with Crippen LogP contribution in [0.4, 0.5) is 0 Å². The predicted octanol–water partition coefficient (Wildman–Crippen LogP) is 5.91. The van der Waals surface area contributed by atoms with Crippen LogP contribution < -0.4 is 0 Å². The van der Waals surface area contributed by atoms with Crippen LogP contribution in [-0.4, -0.2) is 0 Å². The molecule has 0 bridgehead atoms. The fourth-order valence-corrected chi connectivity index (χ4v) is 2.02. The minimum Gasteiger partial charge on any atom is -0.0654 e. The van der Waals surface area contributed by atoms with E-state index in [0.717, 1.165) is 6.42 Å². The van der Waals surface area contributed by atoms with Crippen LogP contribution in [-0.2, 0) is 0 Å². The van der Waals surface area contributed by atoms with E-state index in [0.29, 0.717) is 0 Å². The number of hydrogen-bond acceptors (Lipinski definition) is 0. The molecule has 0 aromatic heterocycles. The summed E-state index contributed by atoms with van der Waals surface area (Å²) in [5, 5.41) is 0. The average molecular weight is 211 g/mol. The van der Waals surface area contributed by atoms with Gasteiger partial charge in [-0.15, -0.1) is 0 Å². The van der Waals surface area contributed by atoms with E-state index in [1.807, 2.05) is 0 Å². The Morgan fingerprint density at radius 1 is 0.667 bits per heavy atom. The molecule has 0 heterocycles. The van der Waals surface area contributed by atoms with Crippen LogP contribution in [0.25, 0.3) is 0 Å². The molecule has 0 amide bonds. The SMILES string of the molecule is C1CCCC1.[CH2]CCCCCCCCC. The van der Waals surface area contributed by atoms with Crippen LogP contribution in [0.2, 0.25) is 0 Å². The molecule has 0 aliphatic heterocycles. The number of rotatable bonds is 7. The molecule has 1 rings (SSSR count). The highest BCUT2D eigenvalue weighted by Gasteiger charge is 1.95.